The molecule has 22 heavy (non-hydrogen) atoms. The summed E-state index contributed by atoms with van der Waals surface area (Å²) in [5.74, 6) is -0.270. The molecule has 0 aliphatic carbocycles. The molecule has 1 aliphatic rings. The predicted octanol–water partition coefficient (Wildman–Crippen LogP) is 3.18. The molecule has 2 N–H and O–H groups in total. The molecule has 0 saturated carbocycles. The molecule has 2 aromatic carbocycles. The summed E-state index contributed by atoms with van der Waals surface area (Å²) >= 11 is 0. The Kier molecular flexibility index (Phi) is 3.00. The van der Waals surface area contributed by atoms with Crippen LogP contribution >= 0.6 is 0 Å². The van der Waals surface area contributed by atoms with E-state index in [4.69, 9.17) is 0 Å². The van der Waals surface area contributed by atoms with Crippen molar-refractivity contribution in [3.63, 3.8) is 0 Å². The third kappa shape index (κ3) is 2.09. The first kappa shape index (κ1) is 12.8. The average molecular weight is 289 g/mol. The van der Waals surface area contributed by atoms with Crippen LogP contribution in [0.4, 0.5) is 0 Å². The maximum atomic E-state index is 12.3. The fourth-order valence-electron chi connectivity index (χ4n) is 2.98. The highest BCUT2D eigenvalue weighted by atomic mass is 16.2. The Morgan fingerprint density at radius 2 is 1.77 bits per heavy atom. The maximum Gasteiger partial charge on any atom is 0.248 e. The molecule has 2 heterocycles. The molecule has 4 rings (SSSR count). The number of aromatic nitrogens is 1. The number of para-hydroxylation sites is 1. The number of hydrogen-bond acceptors (Lipinski definition) is 2. The summed E-state index contributed by atoms with van der Waals surface area (Å²) in [5.41, 5.74) is 6.70. The standard InChI is InChI=1S/C18H15N3O/c22-18-14(15-11-19-16-9-5-4-8-13(15)16)10-17(20-21-18)12-6-2-1-3-7-12/h1-9,11,14,19H,10H2,(H,21,22)/t14-/m1/s1. The summed E-state index contributed by atoms with van der Waals surface area (Å²) in [6.07, 6.45) is 2.54. The quantitative estimate of drug-likeness (QED) is 0.748. The number of carbonyl (C=O) groups excluding carboxylic acids is 1. The fourth-order valence-corrected chi connectivity index (χ4v) is 2.98. The Morgan fingerprint density at radius 1 is 1.00 bits per heavy atom. The second kappa shape index (κ2) is 5.15. The Bertz CT molecular complexity index is 864. The monoisotopic (exact) mass is 289 g/mol. The van der Waals surface area contributed by atoms with E-state index in [-0.39, 0.29) is 11.8 Å². The molecular weight excluding hydrogens is 274 g/mol. The summed E-state index contributed by atoms with van der Waals surface area (Å²) < 4.78 is 0. The number of nitrogens with one attached hydrogen (secondary N) is 2. The molecule has 0 radical (unpaired) electrons. The van der Waals surface area contributed by atoms with Gasteiger partial charge in [0.05, 0.1) is 11.6 Å². The van der Waals surface area contributed by atoms with E-state index in [2.05, 4.69) is 15.5 Å². The molecule has 0 unspecified atom stereocenters. The second-order valence-electron chi connectivity index (χ2n) is 5.45. The van der Waals surface area contributed by atoms with Crippen molar-refractivity contribution in [2.24, 2.45) is 5.10 Å². The summed E-state index contributed by atoms with van der Waals surface area (Å²) in [6.45, 7) is 0. The molecule has 1 aromatic heterocycles. The van der Waals surface area contributed by atoms with Gasteiger partial charge in [0.25, 0.3) is 0 Å². The van der Waals surface area contributed by atoms with Crippen molar-refractivity contribution in [3.05, 3.63) is 71.9 Å². The summed E-state index contributed by atoms with van der Waals surface area (Å²) in [7, 11) is 0. The largest absolute Gasteiger partial charge is 0.361 e. The average Bonchev–Trinajstić information content (AvgIpc) is 3.00. The lowest BCUT2D eigenvalue weighted by Crippen LogP contribution is -2.33. The van der Waals surface area contributed by atoms with Gasteiger partial charge in [-0.3, -0.25) is 4.79 Å². The second-order valence-corrected chi connectivity index (χ2v) is 5.45. The maximum absolute atomic E-state index is 12.3. The third-order valence-corrected chi connectivity index (χ3v) is 4.12. The van der Waals surface area contributed by atoms with Crippen LogP contribution in [0.5, 0.6) is 0 Å². The van der Waals surface area contributed by atoms with Crippen LogP contribution < -0.4 is 5.43 Å². The van der Waals surface area contributed by atoms with Gasteiger partial charge in [0.15, 0.2) is 0 Å². The Hall–Kier alpha value is -2.88. The number of carbonyl (C=O) groups is 1. The van der Waals surface area contributed by atoms with E-state index in [9.17, 15) is 4.79 Å². The van der Waals surface area contributed by atoms with Crippen LogP contribution in [-0.2, 0) is 4.79 Å². The third-order valence-electron chi connectivity index (χ3n) is 4.12. The molecule has 1 atom stereocenters. The topological polar surface area (TPSA) is 57.2 Å². The van der Waals surface area contributed by atoms with E-state index in [1.807, 2.05) is 60.8 Å². The first-order valence-electron chi connectivity index (χ1n) is 7.31. The number of hydrazone groups is 1. The highest BCUT2D eigenvalue weighted by Crippen LogP contribution is 2.30. The summed E-state index contributed by atoms with van der Waals surface area (Å²) in [6, 6.07) is 18.0. The van der Waals surface area contributed by atoms with Gasteiger partial charge in [-0.1, -0.05) is 48.5 Å². The van der Waals surface area contributed by atoms with E-state index in [0.717, 1.165) is 27.7 Å². The van der Waals surface area contributed by atoms with Crippen LogP contribution in [0.2, 0.25) is 0 Å². The van der Waals surface area contributed by atoms with Crippen LogP contribution in [-0.4, -0.2) is 16.6 Å². The molecule has 3 aromatic rings. The molecule has 4 heteroatoms. The molecule has 0 bridgehead atoms. The molecule has 0 fully saturated rings. The van der Waals surface area contributed by atoms with Gasteiger partial charge in [0, 0.05) is 23.5 Å². The highest BCUT2D eigenvalue weighted by Gasteiger charge is 2.29. The van der Waals surface area contributed by atoms with Crippen molar-refractivity contribution in [2.75, 3.05) is 0 Å². The van der Waals surface area contributed by atoms with Crippen LogP contribution in [0.25, 0.3) is 10.9 Å². The number of hydrogen-bond donors (Lipinski definition) is 2. The molecule has 108 valence electrons. The lowest BCUT2D eigenvalue weighted by Gasteiger charge is -2.21. The van der Waals surface area contributed by atoms with E-state index in [1.54, 1.807) is 0 Å². The molecule has 0 spiro atoms. The van der Waals surface area contributed by atoms with Crippen molar-refractivity contribution in [1.82, 2.24) is 10.4 Å². The first-order valence-corrected chi connectivity index (χ1v) is 7.31. The van der Waals surface area contributed by atoms with Crippen molar-refractivity contribution in [1.29, 1.82) is 0 Å². The number of H-pyrrole nitrogens is 1. The lowest BCUT2D eigenvalue weighted by molar-refractivity contribution is -0.122. The van der Waals surface area contributed by atoms with Gasteiger partial charge in [0.1, 0.15) is 0 Å². The van der Waals surface area contributed by atoms with Crippen molar-refractivity contribution in [3.8, 4) is 0 Å². The zero-order chi connectivity index (χ0) is 14.9. The van der Waals surface area contributed by atoms with Gasteiger partial charge in [-0.25, -0.2) is 5.43 Å². The Morgan fingerprint density at radius 3 is 2.64 bits per heavy atom. The van der Waals surface area contributed by atoms with Gasteiger partial charge in [0.2, 0.25) is 5.91 Å². The molecule has 1 amide bonds. The zero-order valence-corrected chi connectivity index (χ0v) is 11.9. The van der Waals surface area contributed by atoms with E-state index < -0.39 is 0 Å². The van der Waals surface area contributed by atoms with E-state index in [0.29, 0.717) is 6.42 Å². The predicted molar refractivity (Wildman–Crippen MR) is 86.8 cm³/mol. The number of nitrogens with zero attached hydrogens (tertiary/aromatic N) is 1. The zero-order valence-electron chi connectivity index (χ0n) is 11.9. The number of fused-ring (bicyclic) bond motifs is 1. The molecule has 0 saturated heterocycles. The molecule has 4 nitrogen and oxygen atoms in total. The van der Waals surface area contributed by atoms with Crippen LogP contribution in [0, 0.1) is 0 Å². The summed E-state index contributed by atoms with van der Waals surface area (Å²) in [4.78, 5) is 15.5. The lowest BCUT2D eigenvalue weighted by atomic mass is 9.89. The number of amides is 1. The summed E-state index contributed by atoms with van der Waals surface area (Å²) in [5, 5.41) is 5.32. The van der Waals surface area contributed by atoms with Crippen molar-refractivity contribution < 1.29 is 4.79 Å². The Balaban J connectivity index is 1.73. The molecular formula is C18H15N3O. The highest BCUT2D eigenvalue weighted by molar-refractivity contribution is 6.07. The van der Waals surface area contributed by atoms with Crippen LogP contribution in [0.1, 0.15) is 23.5 Å². The van der Waals surface area contributed by atoms with E-state index in [1.165, 1.54) is 0 Å². The Labute approximate surface area is 127 Å². The van der Waals surface area contributed by atoms with Crippen LogP contribution in [0.3, 0.4) is 0 Å². The minimum absolute atomic E-state index is 0.0514. The van der Waals surface area contributed by atoms with Crippen molar-refractivity contribution in [2.45, 2.75) is 12.3 Å². The van der Waals surface area contributed by atoms with Gasteiger partial charge < -0.3 is 4.98 Å². The fraction of sp³-hybridized carbons (Fsp3) is 0.111. The number of aromatic amines is 1. The minimum atomic E-state index is -0.219. The van der Waals surface area contributed by atoms with Crippen molar-refractivity contribution >= 4 is 22.5 Å². The SMILES string of the molecule is O=C1NN=C(c2ccccc2)C[C@@H]1c1c[nH]c2ccccc12. The van der Waals surface area contributed by atoms with Gasteiger partial charge in [-0.15, -0.1) is 0 Å². The van der Waals surface area contributed by atoms with E-state index >= 15 is 0 Å². The minimum Gasteiger partial charge on any atom is -0.361 e. The first-order chi connectivity index (χ1) is 10.8. The van der Waals surface area contributed by atoms with Gasteiger partial charge in [-0.05, 0) is 17.2 Å². The normalized spacial score (nSPS) is 18.1. The number of rotatable bonds is 2. The van der Waals surface area contributed by atoms with Crippen LogP contribution in [0.15, 0.2) is 65.9 Å². The molecule has 1 aliphatic heterocycles. The van der Waals surface area contributed by atoms with Gasteiger partial charge >= 0.3 is 0 Å². The van der Waals surface area contributed by atoms with Gasteiger partial charge in [-0.2, -0.15) is 5.10 Å². The smallest absolute Gasteiger partial charge is 0.248 e. The number of benzene rings is 2.